The zero-order chi connectivity index (χ0) is 17.4. The summed E-state index contributed by atoms with van der Waals surface area (Å²) in [7, 11) is -3.33. The van der Waals surface area contributed by atoms with Crippen molar-refractivity contribution in [3.63, 3.8) is 0 Å². The van der Waals surface area contributed by atoms with Gasteiger partial charge in [-0.3, -0.25) is 9.82 Å². The Morgan fingerprint density at radius 2 is 2.20 bits per heavy atom. The second-order valence-corrected chi connectivity index (χ2v) is 9.08. The van der Waals surface area contributed by atoms with Crippen LogP contribution in [0, 0.1) is 0 Å². The molecular weight excluding hydrogens is 358 g/mol. The van der Waals surface area contributed by atoms with E-state index in [1.165, 1.54) is 10.9 Å². The van der Waals surface area contributed by atoms with Crippen LogP contribution >= 0.6 is 11.3 Å². The first-order valence-electron chi connectivity index (χ1n) is 8.11. The Bertz CT molecular complexity index is 962. The zero-order valence-electron chi connectivity index (χ0n) is 13.8. The van der Waals surface area contributed by atoms with Gasteiger partial charge in [-0.05, 0) is 25.0 Å². The van der Waals surface area contributed by atoms with Gasteiger partial charge < -0.3 is 4.90 Å². The van der Waals surface area contributed by atoms with Crippen molar-refractivity contribution < 1.29 is 8.42 Å². The fraction of sp³-hybridized carbons (Fsp3) is 0.375. The molecule has 2 aromatic heterocycles. The van der Waals surface area contributed by atoms with Crippen molar-refractivity contribution in [1.29, 1.82) is 0 Å². The molecule has 1 aliphatic heterocycles. The molecule has 0 spiro atoms. The molecule has 9 heteroatoms. The molecule has 0 amide bonds. The van der Waals surface area contributed by atoms with Gasteiger partial charge in [0.25, 0.3) is 0 Å². The van der Waals surface area contributed by atoms with E-state index in [0.717, 1.165) is 48.5 Å². The molecule has 3 heterocycles. The van der Waals surface area contributed by atoms with Crippen molar-refractivity contribution in [3.8, 4) is 0 Å². The highest BCUT2D eigenvalue weighted by atomic mass is 32.2. The van der Waals surface area contributed by atoms with Gasteiger partial charge in [-0.15, -0.1) is 0 Å². The summed E-state index contributed by atoms with van der Waals surface area (Å²) < 4.78 is 26.8. The fourth-order valence-corrected chi connectivity index (χ4v) is 4.83. The lowest BCUT2D eigenvalue weighted by Gasteiger charge is -2.32. The number of rotatable bonds is 4. The predicted octanol–water partition coefficient (Wildman–Crippen LogP) is 2.77. The van der Waals surface area contributed by atoms with E-state index in [2.05, 4.69) is 25.9 Å². The summed E-state index contributed by atoms with van der Waals surface area (Å²) in [5.41, 5.74) is 2.40. The molecule has 7 nitrogen and oxygen atoms in total. The summed E-state index contributed by atoms with van der Waals surface area (Å²) in [6.07, 6.45) is 4.70. The second kappa shape index (κ2) is 6.30. The molecule has 0 saturated carbocycles. The highest BCUT2D eigenvalue weighted by Gasteiger charge is 2.27. The number of hydrogen-bond acceptors (Lipinski definition) is 6. The highest BCUT2D eigenvalue weighted by molar-refractivity contribution is 7.92. The number of fused-ring (bicyclic) bond motifs is 1. The van der Waals surface area contributed by atoms with E-state index in [0.29, 0.717) is 5.69 Å². The van der Waals surface area contributed by atoms with Crippen molar-refractivity contribution >= 4 is 42.4 Å². The molecule has 25 heavy (non-hydrogen) atoms. The molecule has 0 bridgehead atoms. The number of hydrogen-bond donors (Lipinski definition) is 2. The van der Waals surface area contributed by atoms with Crippen LogP contribution in [-0.4, -0.2) is 42.9 Å². The SMILES string of the molecule is CS(=O)(=O)Nc1cn[nH]c1C1CCCN(c2nc3ccccc3s2)C1. The molecule has 1 fully saturated rings. The van der Waals surface area contributed by atoms with E-state index in [-0.39, 0.29) is 5.92 Å². The molecule has 1 atom stereocenters. The van der Waals surface area contributed by atoms with Gasteiger partial charge in [0.1, 0.15) is 0 Å². The lowest BCUT2D eigenvalue weighted by Crippen LogP contribution is -2.34. The Morgan fingerprint density at radius 1 is 1.36 bits per heavy atom. The summed E-state index contributed by atoms with van der Waals surface area (Å²) in [4.78, 5) is 7.02. The van der Waals surface area contributed by atoms with Gasteiger partial charge in [0.15, 0.2) is 5.13 Å². The summed E-state index contributed by atoms with van der Waals surface area (Å²) in [5.74, 6) is 0.188. The van der Waals surface area contributed by atoms with E-state index in [1.807, 2.05) is 18.2 Å². The average Bonchev–Trinajstić information content (AvgIpc) is 3.20. The number of piperidine rings is 1. The third-order valence-electron chi connectivity index (χ3n) is 4.35. The first kappa shape index (κ1) is 16.3. The lowest BCUT2D eigenvalue weighted by molar-refractivity contribution is 0.501. The van der Waals surface area contributed by atoms with Gasteiger partial charge >= 0.3 is 0 Å². The molecular formula is C16H19N5O2S2. The Hall–Kier alpha value is -2.13. The highest BCUT2D eigenvalue weighted by Crippen LogP contribution is 2.35. The monoisotopic (exact) mass is 377 g/mol. The van der Waals surface area contributed by atoms with Gasteiger partial charge in [-0.1, -0.05) is 23.5 Å². The Balaban J connectivity index is 1.58. The number of nitrogens with zero attached hydrogens (tertiary/aromatic N) is 3. The summed E-state index contributed by atoms with van der Waals surface area (Å²) in [5, 5.41) is 8.02. The van der Waals surface area contributed by atoms with Crippen molar-refractivity contribution in [3.05, 3.63) is 36.2 Å². The minimum atomic E-state index is -3.33. The molecule has 3 aromatic rings. The first-order valence-corrected chi connectivity index (χ1v) is 10.8. The number of benzene rings is 1. The van der Waals surface area contributed by atoms with E-state index in [4.69, 9.17) is 4.98 Å². The number of para-hydroxylation sites is 1. The zero-order valence-corrected chi connectivity index (χ0v) is 15.4. The minimum Gasteiger partial charge on any atom is -0.347 e. The van der Waals surface area contributed by atoms with Crippen molar-refractivity contribution in [2.24, 2.45) is 0 Å². The fourth-order valence-electron chi connectivity index (χ4n) is 3.27. The third kappa shape index (κ3) is 3.47. The maximum Gasteiger partial charge on any atom is 0.229 e. The van der Waals surface area contributed by atoms with Crippen LogP contribution in [-0.2, 0) is 10.0 Å². The van der Waals surface area contributed by atoms with Crippen LogP contribution in [0.3, 0.4) is 0 Å². The van der Waals surface area contributed by atoms with Crippen LogP contribution in [0.1, 0.15) is 24.5 Å². The van der Waals surface area contributed by atoms with E-state index in [1.54, 1.807) is 11.3 Å². The normalized spacial score (nSPS) is 18.6. The molecule has 0 radical (unpaired) electrons. The second-order valence-electron chi connectivity index (χ2n) is 6.32. The number of nitrogens with one attached hydrogen (secondary N) is 2. The van der Waals surface area contributed by atoms with Gasteiger partial charge in [0, 0.05) is 19.0 Å². The maximum absolute atomic E-state index is 11.5. The lowest BCUT2D eigenvalue weighted by atomic mass is 9.94. The molecule has 132 valence electrons. The molecule has 1 aromatic carbocycles. The van der Waals surface area contributed by atoms with Crippen molar-refractivity contribution in [2.75, 3.05) is 29.0 Å². The maximum atomic E-state index is 11.5. The molecule has 1 saturated heterocycles. The quantitative estimate of drug-likeness (QED) is 0.729. The summed E-state index contributed by atoms with van der Waals surface area (Å²) in [6.45, 7) is 1.75. The van der Waals surface area contributed by atoms with Crippen molar-refractivity contribution in [1.82, 2.24) is 15.2 Å². The van der Waals surface area contributed by atoms with Crippen LogP contribution in [0.15, 0.2) is 30.5 Å². The van der Waals surface area contributed by atoms with Gasteiger partial charge in [-0.2, -0.15) is 5.10 Å². The number of aromatic amines is 1. The standard InChI is InChI=1S/C16H19N5O2S2/c1-25(22,23)20-13-9-17-19-15(13)11-5-4-8-21(10-11)16-18-12-6-2-3-7-14(12)24-16/h2-3,6-7,9,11,20H,4-5,8,10H2,1H3,(H,17,19). The number of thiazole rings is 1. The number of aromatic nitrogens is 3. The van der Waals surface area contributed by atoms with Gasteiger partial charge in [0.05, 0.1) is 34.1 Å². The number of sulfonamides is 1. The van der Waals surface area contributed by atoms with Gasteiger partial charge in [0.2, 0.25) is 10.0 Å². The summed E-state index contributed by atoms with van der Waals surface area (Å²) in [6, 6.07) is 8.14. The molecule has 0 aliphatic carbocycles. The minimum absolute atomic E-state index is 0.188. The molecule has 4 rings (SSSR count). The first-order chi connectivity index (χ1) is 12.0. The van der Waals surface area contributed by atoms with Crippen LogP contribution < -0.4 is 9.62 Å². The van der Waals surface area contributed by atoms with E-state index in [9.17, 15) is 8.42 Å². The topological polar surface area (TPSA) is 91.0 Å². The van der Waals surface area contributed by atoms with E-state index >= 15 is 0 Å². The summed E-state index contributed by atoms with van der Waals surface area (Å²) >= 11 is 1.69. The van der Waals surface area contributed by atoms with Crippen LogP contribution in [0.4, 0.5) is 10.8 Å². The Morgan fingerprint density at radius 3 is 3.00 bits per heavy atom. The predicted molar refractivity (Wildman–Crippen MR) is 101 cm³/mol. The third-order valence-corrected chi connectivity index (χ3v) is 6.03. The molecule has 1 unspecified atom stereocenters. The van der Waals surface area contributed by atoms with Crippen LogP contribution in [0.2, 0.25) is 0 Å². The molecule has 1 aliphatic rings. The van der Waals surface area contributed by atoms with Crippen LogP contribution in [0.5, 0.6) is 0 Å². The van der Waals surface area contributed by atoms with Crippen molar-refractivity contribution in [2.45, 2.75) is 18.8 Å². The largest absolute Gasteiger partial charge is 0.347 e. The van der Waals surface area contributed by atoms with E-state index < -0.39 is 10.0 Å². The number of anilines is 2. The van der Waals surface area contributed by atoms with Crippen LogP contribution in [0.25, 0.3) is 10.2 Å². The Kier molecular flexibility index (Phi) is 4.12. The average molecular weight is 377 g/mol. The Labute approximate surface area is 150 Å². The molecule has 2 N–H and O–H groups in total. The number of H-pyrrole nitrogens is 1. The van der Waals surface area contributed by atoms with Gasteiger partial charge in [-0.25, -0.2) is 13.4 Å². The smallest absolute Gasteiger partial charge is 0.229 e.